The van der Waals surface area contributed by atoms with Crippen LogP contribution in [-0.2, 0) is 0 Å². The Morgan fingerprint density at radius 1 is 1.05 bits per heavy atom. The van der Waals surface area contributed by atoms with E-state index in [0.717, 1.165) is 21.9 Å². The van der Waals surface area contributed by atoms with E-state index < -0.39 is 0 Å². The Hall–Kier alpha value is -1.22. The third-order valence-electron chi connectivity index (χ3n) is 3.25. The van der Waals surface area contributed by atoms with Gasteiger partial charge in [0.2, 0.25) is 0 Å². The van der Waals surface area contributed by atoms with Gasteiger partial charge in [-0.15, -0.1) is 0 Å². The minimum absolute atomic E-state index is 0.249. The number of hydrogen-bond donors (Lipinski definition) is 1. The summed E-state index contributed by atoms with van der Waals surface area (Å²) in [6.07, 6.45) is 0. The first kappa shape index (κ1) is 15.2. The number of nitrogens with one attached hydrogen (secondary N) is 1. The third kappa shape index (κ3) is 3.45. The third-order valence-corrected chi connectivity index (χ3v) is 3.97. The minimum Gasteiger partial charge on any atom is -0.456 e. The molecular formula is C16H17Cl2NO. The van der Waals surface area contributed by atoms with Crippen LogP contribution in [0, 0.1) is 6.92 Å². The molecule has 1 atom stereocenters. The first-order valence-corrected chi connectivity index (χ1v) is 7.17. The lowest BCUT2D eigenvalue weighted by atomic mass is 10.1. The van der Waals surface area contributed by atoms with Crippen molar-refractivity contribution in [2.24, 2.45) is 0 Å². The fourth-order valence-electron chi connectivity index (χ4n) is 1.84. The molecule has 1 N–H and O–H groups in total. The predicted octanol–water partition coefficient (Wildman–Crippen LogP) is 5.37. The summed E-state index contributed by atoms with van der Waals surface area (Å²) in [5.41, 5.74) is 2.10. The van der Waals surface area contributed by atoms with E-state index >= 15 is 0 Å². The molecule has 0 heterocycles. The topological polar surface area (TPSA) is 21.3 Å². The summed E-state index contributed by atoms with van der Waals surface area (Å²) < 4.78 is 5.80. The fourth-order valence-corrected chi connectivity index (χ4v) is 2.19. The molecule has 0 bridgehead atoms. The second-order valence-electron chi connectivity index (χ2n) is 4.71. The average molecular weight is 310 g/mol. The molecule has 0 spiro atoms. The summed E-state index contributed by atoms with van der Waals surface area (Å²) in [5.74, 6) is 1.36. The lowest BCUT2D eigenvalue weighted by molar-refractivity contribution is 0.482. The van der Waals surface area contributed by atoms with E-state index in [1.54, 1.807) is 0 Å². The number of benzene rings is 2. The maximum atomic E-state index is 6.27. The summed E-state index contributed by atoms with van der Waals surface area (Å²) in [4.78, 5) is 0. The van der Waals surface area contributed by atoms with Gasteiger partial charge in [0.15, 0.2) is 0 Å². The van der Waals surface area contributed by atoms with Crippen LogP contribution in [0.4, 0.5) is 0 Å². The number of ether oxygens (including phenoxy) is 1. The van der Waals surface area contributed by atoms with Gasteiger partial charge >= 0.3 is 0 Å². The quantitative estimate of drug-likeness (QED) is 0.819. The van der Waals surface area contributed by atoms with Gasteiger partial charge in [-0.05, 0) is 62.4 Å². The van der Waals surface area contributed by atoms with Crippen LogP contribution in [0.5, 0.6) is 11.5 Å². The molecule has 106 valence electrons. The van der Waals surface area contributed by atoms with E-state index in [-0.39, 0.29) is 6.04 Å². The SMILES string of the molecule is CNC(C)c1ccc(Oc2ccc(Cl)c(C)c2)c(Cl)c1. The zero-order valence-electron chi connectivity index (χ0n) is 11.7. The molecule has 2 aromatic rings. The van der Waals surface area contributed by atoms with E-state index in [9.17, 15) is 0 Å². The van der Waals surface area contributed by atoms with Gasteiger partial charge in [-0.25, -0.2) is 0 Å². The lowest BCUT2D eigenvalue weighted by Gasteiger charge is -2.13. The second-order valence-corrected chi connectivity index (χ2v) is 5.53. The lowest BCUT2D eigenvalue weighted by Crippen LogP contribution is -2.12. The van der Waals surface area contributed by atoms with Gasteiger partial charge in [-0.2, -0.15) is 0 Å². The van der Waals surface area contributed by atoms with Gasteiger partial charge in [-0.3, -0.25) is 0 Å². The van der Waals surface area contributed by atoms with Gasteiger partial charge in [0.25, 0.3) is 0 Å². The Bertz CT molecular complexity index is 613. The van der Waals surface area contributed by atoms with Gasteiger partial charge in [-0.1, -0.05) is 29.3 Å². The van der Waals surface area contributed by atoms with Crippen molar-refractivity contribution in [3.63, 3.8) is 0 Å². The molecule has 0 aliphatic rings. The van der Waals surface area contributed by atoms with E-state index in [4.69, 9.17) is 27.9 Å². The van der Waals surface area contributed by atoms with Gasteiger partial charge < -0.3 is 10.1 Å². The Kier molecular flexibility index (Phi) is 4.92. The minimum atomic E-state index is 0.249. The molecule has 0 saturated carbocycles. The highest BCUT2D eigenvalue weighted by molar-refractivity contribution is 6.32. The maximum absolute atomic E-state index is 6.27. The molecule has 20 heavy (non-hydrogen) atoms. The highest BCUT2D eigenvalue weighted by atomic mass is 35.5. The number of aryl methyl sites for hydroxylation is 1. The molecule has 0 radical (unpaired) electrons. The number of halogens is 2. The summed E-state index contributed by atoms with van der Waals surface area (Å²) in [5, 5.41) is 4.50. The van der Waals surface area contributed by atoms with E-state index in [2.05, 4.69) is 12.2 Å². The zero-order chi connectivity index (χ0) is 14.7. The van der Waals surface area contributed by atoms with Crippen LogP contribution in [0.2, 0.25) is 10.0 Å². The van der Waals surface area contributed by atoms with Crippen LogP contribution in [0.25, 0.3) is 0 Å². The Morgan fingerprint density at radius 3 is 2.40 bits per heavy atom. The molecule has 0 aromatic heterocycles. The van der Waals surface area contributed by atoms with E-state index in [0.29, 0.717) is 10.8 Å². The highest BCUT2D eigenvalue weighted by Crippen LogP contribution is 2.32. The maximum Gasteiger partial charge on any atom is 0.146 e. The molecule has 0 amide bonds. The first-order chi connectivity index (χ1) is 9.51. The predicted molar refractivity (Wildman–Crippen MR) is 85.2 cm³/mol. The average Bonchev–Trinajstić information content (AvgIpc) is 2.44. The summed E-state index contributed by atoms with van der Waals surface area (Å²) in [6, 6.07) is 11.6. The van der Waals surface area contributed by atoms with Crippen molar-refractivity contribution >= 4 is 23.2 Å². The molecule has 2 aromatic carbocycles. The molecule has 0 aliphatic carbocycles. The van der Waals surface area contributed by atoms with Crippen molar-refractivity contribution < 1.29 is 4.74 Å². The summed E-state index contributed by atoms with van der Waals surface area (Å²) in [7, 11) is 1.92. The van der Waals surface area contributed by atoms with Crippen molar-refractivity contribution in [3.05, 3.63) is 57.6 Å². The van der Waals surface area contributed by atoms with Crippen molar-refractivity contribution in [3.8, 4) is 11.5 Å². The monoisotopic (exact) mass is 309 g/mol. The van der Waals surface area contributed by atoms with Gasteiger partial charge in [0.05, 0.1) is 5.02 Å². The van der Waals surface area contributed by atoms with Crippen LogP contribution >= 0.6 is 23.2 Å². The Morgan fingerprint density at radius 2 is 1.80 bits per heavy atom. The normalized spacial score (nSPS) is 12.2. The molecule has 0 fully saturated rings. The molecule has 2 nitrogen and oxygen atoms in total. The number of rotatable bonds is 4. The second kappa shape index (κ2) is 6.49. The van der Waals surface area contributed by atoms with E-state index in [1.165, 1.54) is 0 Å². The van der Waals surface area contributed by atoms with Crippen molar-refractivity contribution in [2.45, 2.75) is 19.9 Å². The summed E-state index contributed by atoms with van der Waals surface area (Å²) in [6.45, 7) is 4.02. The van der Waals surface area contributed by atoms with Crippen LogP contribution < -0.4 is 10.1 Å². The molecule has 1 unspecified atom stereocenters. The van der Waals surface area contributed by atoms with Gasteiger partial charge in [0, 0.05) is 11.1 Å². The first-order valence-electron chi connectivity index (χ1n) is 6.42. The Labute approximate surface area is 129 Å². The Balaban J connectivity index is 2.23. The largest absolute Gasteiger partial charge is 0.456 e. The molecule has 2 rings (SSSR count). The molecular weight excluding hydrogens is 293 g/mol. The van der Waals surface area contributed by atoms with Crippen LogP contribution in [0.3, 0.4) is 0 Å². The van der Waals surface area contributed by atoms with Crippen LogP contribution in [0.1, 0.15) is 24.1 Å². The van der Waals surface area contributed by atoms with Crippen LogP contribution in [0.15, 0.2) is 36.4 Å². The van der Waals surface area contributed by atoms with Crippen molar-refractivity contribution in [1.82, 2.24) is 5.32 Å². The van der Waals surface area contributed by atoms with Crippen molar-refractivity contribution in [1.29, 1.82) is 0 Å². The zero-order valence-corrected chi connectivity index (χ0v) is 13.2. The smallest absolute Gasteiger partial charge is 0.146 e. The fraction of sp³-hybridized carbons (Fsp3) is 0.250. The molecule has 4 heteroatoms. The van der Waals surface area contributed by atoms with Crippen molar-refractivity contribution in [2.75, 3.05) is 7.05 Å². The van der Waals surface area contributed by atoms with E-state index in [1.807, 2.05) is 50.4 Å². The number of hydrogen-bond acceptors (Lipinski definition) is 2. The molecule has 0 saturated heterocycles. The standard InChI is InChI=1S/C16H17Cl2NO/c1-10-8-13(5-6-14(10)17)20-16-7-4-12(9-15(16)18)11(2)19-3/h4-9,11,19H,1-3H3. The highest BCUT2D eigenvalue weighted by Gasteiger charge is 2.08. The van der Waals surface area contributed by atoms with Gasteiger partial charge in [0.1, 0.15) is 11.5 Å². The van der Waals surface area contributed by atoms with Crippen LogP contribution in [-0.4, -0.2) is 7.05 Å². The summed E-state index contributed by atoms with van der Waals surface area (Å²) >= 11 is 12.3. The molecule has 0 aliphatic heterocycles.